The summed E-state index contributed by atoms with van der Waals surface area (Å²) in [5, 5.41) is 7.97. The van der Waals surface area contributed by atoms with E-state index >= 15 is 0 Å². The first-order valence-corrected chi connectivity index (χ1v) is 7.64. The van der Waals surface area contributed by atoms with Crippen LogP contribution in [0.15, 0.2) is 12.4 Å². The summed E-state index contributed by atoms with van der Waals surface area (Å²) < 4.78 is 2.01. The van der Waals surface area contributed by atoms with Gasteiger partial charge in [0.2, 0.25) is 0 Å². The predicted octanol–water partition coefficient (Wildman–Crippen LogP) is 2.11. The molecule has 1 aliphatic heterocycles. The van der Waals surface area contributed by atoms with Gasteiger partial charge in [-0.3, -0.25) is 9.58 Å². The van der Waals surface area contributed by atoms with E-state index in [1.807, 2.05) is 10.9 Å². The van der Waals surface area contributed by atoms with Crippen molar-refractivity contribution in [3.63, 3.8) is 0 Å². The molecular weight excluding hydrogens is 236 g/mol. The van der Waals surface area contributed by atoms with E-state index in [1.165, 1.54) is 24.9 Å². The van der Waals surface area contributed by atoms with Gasteiger partial charge in [-0.1, -0.05) is 13.8 Å². The molecule has 19 heavy (non-hydrogen) atoms. The molecule has 0 aliphatic carbocycles. The van der Waals surface area contributed by atoms with Crippen molar-refractivity contribution in [3.05, 3.63) is 18.0 Å². The van der Waals surface area contributed by atoms with Gasteiger partial charge in [0.25, 0.3) is 0 Å². The number of rotatable bonds is 7. The Morgan fingerprint density at radius 1 is 1.53 bits per heavy atom. The number of aryl methyl sites for hydroxylation is 1. The van der Waals surface area contributed by atoms with Crippen LogP contribution in [-0.4, -0.2) is 40.4 Å². The van der Waals surface area contributed by atoms with Crippen molar-refractivity contribution in [2.45, 2.75) is 52.7 Å². The van der Waals surface area contributed by atoms with Gasteiger partial charge in [-0.05, 0) is 32.2 Å². The average Bonchev–Trinajstić information content (AvgIpc) is 2.99. The summed E-state index contributed by atoms with van der Waals surface area (Å²) in [5.74, 6) is 0.711. The van der Waals surface area contributed by atoms with Crippen LogP contribution in [0.2, 0.25) is 0 Å². The molecule has 1 N–H and O–H groups in total. The van der Waals surface area contributed by atoms with Gasteiger partial charge in [0, 0.05) is 44.0 Å². The predicted molar refractivity (Wildman–Crippen MR) is 79.0 cm³/mol. The zero-order valence-corrected chi connectivity index (χ0v) is 12.6. The maximum atomic E-state index is 4.37. The fraction of sp³-hybridized carbons (Fsp3) is 0.800. The van der Waals surface area contributed by atoms with E-state index in [2.05, 4.69) is 42.3 Å². The molecular formula is C15H28N4. The van der Waals surface area contributed by atoms with Crippen LogP contribution in [0.25, 0.3) is 0 Å². The van der Waals surface area contributed by atoms with Crippen LogP contribution in [0.5, 0.6) is 0 Å². The minimum absolute atomic E-state index is 0.681. The van der Waals surface area contributed by atoms with E-state index < -0.39 is 0 Å². The highest BCUT2D eigenvalue weighted by Gasteiger charge is 2.19. The third-order valence-corrected chi connectivity index (χ3v) is 3.68. The smallest absolute Gasteiger partial charge is 0.0534 e. The van der Waals surface area contributed by atoms with Crippen LogP contribution < -0.4 is 5.32 Å². The SMILES string of the molecule is CCn1cc(CN(CC(C)C)CC2CCCN2)cn1. The normalized spacial score (nSPS) is 19.7. The van der Waals surface area contributed by atoms with Gasteiger partial charge in [-0.15, -0.1) is 0 Å². The standard InChI is InChI=1S/C15H28N4/c1-4-19-11-14(8-17-19)10-18(9-13(2)3)12-15-6-5-7-16-15/h8,11,13,15-16H,4-7,9-10,12H2,1-3H3. The van der Waals surface area contributed by atoms with Crippen LogP contribution in [0.4, 0.5) is 0 Å². The first kappa shape index (κ1) is 14.5. The van der Waals surface area contributed by atoms with Crippen LogP contribution >= 0.6 is 0 Å². The zero-order chi connectivity index (χ0) is 13.7. The number of nitrogens with zero attached hydrogens (tertiary/aromatic N) is 3. The Hall–Kier alpha value is -0.870. The Bertz CT molecular complexity index is 366. The Kier molecular flexibility index (Phi) is 5.40. The summed E-state index contributed by atoms with van der Waals surface area (Å²) >= 11 is 0. The van der Waals surface area contributed by atoms with Gasteiger partial charge < -0.3 is 5.32 Å². The van der Waals surface area contributed by atoms with Crippen molar-refractivity contribution in [3.8, 4) is 0 Å². The lowest BCUT2D eigenvalue weighted by atomic mass is 10.1. The van der Waals surface area contributed by atoms with Gasteiger partial charge in [0.05, 0.1) is 6.20 Å². The van der Waals surface area contributed by atoms with Crippen molar-refractivity contribution in [2.75, 3.05) is 19.6 Å². The number of hydrogen-bond donors (Lipinski definition) is 1. The summed E-state index contributed by atoms with van der Waals surface area (Å²) in [7, 11) is 0. The highest BCUT2D eigenvalue weighted by Crippen LogP contribution is 2.12. The second kappa shape index (κ2) is 7.06. The topological polar surface area (TPSA) is 33.1 Å². The lowest BCUT2D eigenvalue weighted by Crippen LogP contribution is -2.38. The second-order valence-electron chi connectivity index (χ2n) is 6.09. The summed E-state index contributed by atoms with van der Waals surface area (Å²) in [5.41, 5.74) is 1.33. The van der Waals surface area contributed by atoms with Crippen molar-refractivity contribution >= 4 is 0 Å². The molecule has 1 saturated heterocycles. The summed E-state index contributed by atoms with van der Waals surface area (Å²) in [6, 6.07) is 0.681. The first-order chi connectivity index (χ1) is 9.17. The number of nitrogens with one attached hydrogen (secondary N) is 1. The molecule has 1 unspecified atom stereocenters. The van der Waals surface area contributed by atoms with E-state index in [1.54, 1.807) is 0 Å². The molecule has 2 rings (SSSR count). The molecule has 108 valence electrons. The van der Waals surface area contributed by atoms with E-state index in [4.69, 9.17) is 0 Å². The van der Waals surface area contributed by atoms with E-state index in [0.29, 0.717) is 12.0 Å². The van der Waals surface area contributed by atoms with E-state index in [-0.39, 0.29) is 0 Å². The fourth-order valence-electron chi connectivity index (χ4n) is 2.86. The van der Waals surface area contributed by atoms with Crippen LogP contribution in [0.1, 0.15) is 39.2 Å². The van der Waals surface area contributed by atoms with Gasteiger partial charge in [0.1, 0.15) is 0 Å². The van der Waals surface area contributed by atoms with Crippen LogP contribution in [0.3, 0.4) is 0 Å². The lowest BCUT2D eigenvalue weighted by molar-refractivity contribution is 0.216. The second-order valence-corrected chi connectivity index (χ2v) is 6.09. The first-order valence-electron chi connectivity index (χ1n) is 7.64. The summed E-state index contributed by atoms with van der Waals surface area (Å²) in [6.07, 6.45) is 6.84. The minimum atomic E-state index is 0.681. The summed E-state index contributed by atoms with van der Waals surface area (Å²) in [6.45, 7) is 12.2. The highest BCUT2D eigenvalue weighted by atomic mass is 15.3. The van der Waals surface area contributed by atoms with Gasteiger partial charge in [-0.25, -0.2) is 0 Å². The van der Waals surface area contributed by atoms with Gasteiger partial charge in [-0.2, -0.15) is 5.10 Å². The third-order valence-electron chi connectivity index (χ3n) is 3.68. The lowest BCUT2D eigenvalue weighted by Gasteiger charge is -2.26. The molecule has 1 atom stereocenters. The molecule has 4 nitrogen and oxygen atoms in total. The Labute approximate surface area is 117 Å². The maximum Gasteiger partial charge on any atom is 0.0534 e. The monoisotopic (exact) mass is 264 g/mol. The molecule has 1 aromatic rings. The Morgan fingerprint density at radius 2 is 2.37 bits per heavy atom. The van der Waals surface area contributed by atoms with E-state index in [0.717, 1.165) is 26.2 Å². The largest absolute Gasteiger partial charge is 0.313 e. The fourth-order valence-corrected chi connectivity index (χ4v) is 2.86. The number of aromatic nitrogens is 2. The van der Waals surface area contributed by atoms with Crippen molar-refractivity contribution in [2.24, 2.45) is 5.92 Å². The molecule has 4 heteroatoms. The zero-order valence-electron chi connectivity index (χ0n) is 12.6. The molecule has 0 spiro atoms. The minimum Gasteiger partial charge on any atom is -0.313 e. The van der Waals surface area contributed by atoms with Crippen molar-refractivity contribution in [1.82, 2.24) is 20.0 Å². The number of hydrogen-bond acceptors (Lipinski definition) is 3. The van der Waals surface area contributed by atoms with Crippen molar-refractivity contribution < 1.29 is 0 Å². The molecule has 0 radical (unpaired) electrons. The average molecular weight is 264 g/mol. The highest BCUT2D eigenvalue weighted by molar-refractivity contribution is 5.03. The molecule has 0 aromatic carbocycles. The molecule has 0 bridgehead atoms. The molecule has 1 aromatic heterocycles. The van der Waals surface area contributed by atoms with Gasteiger partial charge >= 0.3 is 0 Å². The maximum absolute atomic E-state index is 4.37. The van der Waals surface area contributed by atoms with Crippen molar-refractivity contribution in [1.29, 1.82) is 0 Å². The summed E-state index contributed by atoms with van der Waals surface area (Å²) in [4.78, 5) is 2.57. The van der Waals surface area contributed by atoms with Crippen LogP contribution in [0, 0.1) is 5.92 Å². The Morgan fingerprint density at radius 3 is 2.95 bits per heavy atom. The molecule has 0 amide bonds. The third kappa shape index (κ3) is 4.62. The molecule has 1 fully saturated rings. The van der Waals surface area contributed by atoms with E-state index in [9.17, 15) is 0 Å². The molecule has 0 saturated carbocycles. The van der Waals surface area contributed by atoms with Crippen LogP contribution in [-0.2, 0) is 13.1 Å². The van der Waals surface area contributed by atoms with Gasteiger partial charge in [0.15, 0.2) is 0 Å². The quantitative estimate of drug-likeness (QED) is 0.819. The molecule has 2 heterocycles. The Balaban J connectivity index is 1.91. The molecule has 1 aliphatic rings.